The standard InChI is InChI=1S/C20H36O6/c1-16-17(21)15-18(22)20(26-16)25-14-12-10-8-6-4-2-3-5-7-9-11-13-19(23)24/h11,13,16-18,20-22H,2-10,12,14-15H2,1H3,(H,23,24)/b13-11+/t16-,17+,18+,20+/m0/s1. The molecule has 3 N–H and O–H groups in total. The molecule has 0 bridgehead atoms. The molecule has 152 valence electrons. The Morgan fingerprint density at radius 2 is 1.58 bits per heavy atom. The van der Waals surface area contributed by atoms with Gasteiger partial charge >= 0.3 is 5.97 Å². The van der Waals surface area contributed by atoms with Crippen LogP contribution in [0, 0.1) is 0 Å². The summed E-state index contributed by atoms with van der Waals surface area (Å²) in [5, 5.41) is 27.9. The number of hydrogen-bond acceptors (Lipinski definition) is 5. The fourth-order valence-electron chi connectivity index (χ4n) is 3.08. The second-order valence-electron chi connectivity index (χ2n) is 7.16. The van der Waals surface area contributed by atoms with Gasteiger partial charge in [-0.3, -0.25) is 0 Å². The number of carbonyl (C=O) groups is 1. The summed E-state index contributed by atoms with van der Waals surface area (Å²) >= 11 is 0. The molecule has 6 heteroatoms. The van der Waals surface area contributed by atoms with Gasteiger partial charge in [0.05, 0.1) is 12.2 Å². The first-order chi connectivity index (χ1) is 12.5. The number of allylic oxidation sites excluding steroid dienone is 1. The summed E-state index contributed by atoms with van der Waals surface area (Å²) in [5.41, 5.74) is 0. The molecule has 1 rings (SSSR count). The molecule has 0 aromatic rings. The van der Waals surface area contributed by atoms with Crippen molar-refractivity contribution >= 4 is 5.97 Å². The van der Waals surface area contributed by atoms with Crippen molar-refractivity contribution in [3.63, 3.8) is 0 Å². The molecule has 0 aliphatic carbocycles. The van der Waals surface area contributed by atoms with E-state index >= 15 is 0 Å². The first-order valence-electron chi connectivity index (χ1n) is 10.0. The number of carboxylic acid groups (broad SMARTS) is 1. The molecule has 1 heterocycles. The van der Waals surface area contributed by atoms with Crippen LogP contribution in [-0.2, 0) is 14.3 Å². The number of aliphatic hydroxyl groups is 2. The molecule has 0 saturated carbocycles. The van der Waals surface area contributed by atoms with E-state index in [9.17, 15) is 15.0 Å². The van der Waals surface area contributed by atoms with Gasteiger partial charge in [-0.2, -0.15) is 0 Å². The monoisotopic (exact) mass is 372 g/mol. The van der Waals surface area contributed by atoms with Gasteiger partial charge in [-0.25, -0.2) is 4.79 Å². The summed E-state index contributed by atoms with van der Waals surface area (Å²) in [6, 6.07) is 0. The van der Waals surface area contributed by atoms with Crippen LogP contribution in [-0.4, -0.2) is 52.5 Å². The number of hydrogen-bond donors (Lipinski definition) is 3. The average molecular weight is 373 g/mol. The lowest BCUT2D eigenvalue weighted by molar-refractivity contribution is -0.261. The van der Waals surface area contributed by atoms with E-state index in [-0.39, 0.29) is 6.10 Å². The zero-order chi connectivity index (χ0) is 19.2. The van der Waals surface area contributed by atoms with Crippen molar-refractivity contribution in [2.75, 3.05) is 6.61 Å². The van der Waals surface area contributed by atoms with Crippen LogP contribution >= 0.6 is 0 Å². The second kappa shape index (κ2) is 14.2. The van der Waals surface area contributed by atoms with Gasteiger partial charge in [-0.05, 0) is 26.2 Å². The van der Waals surface area contributed by atoms with Crippen molar-refractivity contribution in [3.05, 3.63) is 12.2 Å². The predicted molar refractivity (Wildman–Crippen MR) is 99.9 cm³/mol. The van der Waals surface area contributed by atoms with Crippen LogP contribution in [0.25, 0.3) is 0 Å². The Bertz CT molecular complexity index is 398. The van der Waals surface area contributed by atoms with Gasteiger partial charge in [0.2, 0.25) is 0 Å². The maximum Gasteiger partial charge on any atom is 0.327 e. The Morgan fingerprint density at radius 1 is 1.00 bits per heavy atom. The van der Waals surface area contributed by atoms with E-state index in [1.54, 1.807) is 13.0 Å². The molecule has 1 saturated heterocycles. The largest absolute Gasteiger partial charge is 0.478 e. The number of unbranched alkanes of at least 4 members (excludes halogenated alkanes) is 9. The third-order valence-corrected chi connectivity index (χ3v) is 4.75. The lowest BCUT2D eigenvalue weighted by Crippen LogP contribution is -2.47. The highest BCUT2D eigenvalue weighted by Crippen LogP contribution is 2.21. The molecular weight excluding hydrogens is 336 g/mol. The highest BCUT2D eigenvalue weighted by atomic mass is 16.7. The Hall–Kier alpha value is -0.950. The Kier molecular flexibility index (Phi) is 12.6. The average Bonchev–Trinajstić information content (AvgIpc) is 2.59. The summed E-state index contributed by atoms with van der Waals surface area (Å²) in [6.45, 7) is 2.37. The first-order valence-corrected chi connectivity index (χ1v) is 10.0. The van der Waals surface area contributed by atoms with Crippen LogP contribution in [0.2, 0.25) is 0 Å². The zero-order valence-corrected chi connectivity index (χ0v) is 16.0. The van der Waals surface area contributed by atoms with Crippen molar-refractivity contribution < 1.29 is 29.6 Å². The zero-order valence-electron chi connectivity index (χ0n) is 16.0. The lowest BCUT2D eigenvalue weighted by atomic mass is 10.0. The fourth-order valence-corrected chi connectivity index (χ4v) is 3.08. The highest BCUT2D eigenvalue weighted by molar-refractivity contribution is 5.79. The Labute approximate surface area is 157 Å². The number of aliphatic hydroxyl groups excluding tert-OH is 2. The van der Waals surface area contributed by atoms with Crippen LogP contribution in [0.15, 0.2) is 12.2 Å². The lowest BCUT2D eigenvalue weighted by Gasteiger charge is -2.35. The van der Waals surface area contributed by atoms with Gasteiger partial charge < -0.3 is 24.8 Å². The maximum atomic E-state index is 10.3. The summed E-state index contributed by atoms with van der Waals surface area (Å²) in [6.07, 6.45) is 12.2. The van der Waals surface area contributed by atoms with Crippen molar-refractivity contribution in [2.24, 2.45) is 0 Å². The van der Waals surface area contributed by atoms with Crippen molar-refractivity contribution in [1.82, 2.24) is 0 Å². The summed E-state index contributed by atoms with van der Waals surface area (Å²) in [7, 11) is 0. The van der Waals surface area contributed by atoms with Gasteiger partial charge in [0.25, 0.3) is 0 Å². The molecule has 0 spiro atoms. The smallest absolute Gasteiger partial charge is 0.327 e. The van der Waals surface area contributed by atoms with Gasteiger partial charge in [0.15, 0.2) is 6.29 Å². The van der Waals surface area contributed by atoms with Gasteiger partial charge in [0.1, 0.15) is 6.10 Å². The number of aliphatic carboxylic acids is 1. The van der Waals surface area contributed by atoms with Crippen molar-refractivity contribution in [2.45, 2.75) is 102 Å². The minimum atomic E-state index is -0.869. The molecule has 0 amide bonds. The predicted octanol–water partition coefficient (Wildman–Crippen LogP) is 3.40. The minimum Gasteiger partial charge on any atom is -0.478 e. The maximum absolute atomic E-state index is 10.3. The number of rotatable bonds is 14. The molecule has 0 radical (unpaired) electrons. The molecule has 6 nitrogen and oxygen atoms in total. The molecular formula is C20H36O6. The van der Waals surface area contributed by atoms with E-state index in [1.807, 2.05) is 0 Å². The van der Waals surface area contributed by atoms with Crippen molar-refractivity contribution in [3.8, 4) is 0 Å². The van der Waals surface area contributed by atoms with E-state index in [0.29, 0.717) is 13.0 Å². The molecule has 0 aromatic carbocycles. The fraction of sp³-hybridized carbons (Fsp3) is 0.850. The number of carboxylic acids is 1. The molecule has 0 unspecified atom stereocenters. The SMILES string of the molecule is C[C@@H]1O[C@@H](OCCCCCCCCCCC/C=C/C(=O)O)[C@H](O)C[C@H]1O. The normalized spacial score (nSPS) is 26.4. The van der Waals surface area contributed by atoms with E-state index in [0.717, 1.165) is 32.1 Å². The summed E-state index contributed by atoms with van der Waals surface area (Å²) in [5.74, 6) is -0.869. The van der Waals surface area contributed by atoms with Crippen LogP contribution in [0.3, 0.4) is 0 Å². The van der Waals surface area contributed by atoms with Gasteiger partial charge in [-0.15, -0.1) is 0 Å². The van der Waals surface area contributed by atoms with Crippen LogP contribution in [0.4, 0.5) is 0 Å². The Balaban J connectivity index is 1.84. The van der Waals surface area contributed by atoms with Crippen LogP contribution in [0.5, 0.6) is 0 Å². The van der Waals surface area contributed by atoms with Crippen molar-refractivity contribution in [1.29, 1.82) is 0 Å². The summed E-state index contributed by atoms with van der Waals surface area (Å²) < 4.78 is 11.1. The van der Waals surface area contributed by atoms with Crippen LogP contribution in [0.1, 0.15) is 77.6 Å². The van der Waals surface area contributed by atoms with E-state index in [4.69, 9.17) is 14.6 Å². The highest BCUT2D eigenvalue weighted by Gasteiger charge is 2.34. The van der Waals surface area contributed by atoms with Gasteiger partial charge in [-0.1, -0.05) is 51.0 Å². The van der Waals surface area contributed by atoms with Crippen LogP contribution < -0.4 is 0 Å². The third kappa shape index (κ3) is 10.9. The second-order valence-corrected chi connectivity index (χ2v) is 7.16. The molecule has 1 aliphatic heterocycles. The van der Waals surface area contributed by atoms with E-state index < -0.39 is 24.5 Å². The topological polar surface area (TPSA) is 96.2 Å². The molecule has 1 aliphatic rings. The van der Waals surface area contributed by atoms with E-state index in [2.05, 4.69) is 0 Å². The molecule has 1 fully saturated rings. The third-order valence-electron chi connectivity index (χ3n) is 4.75. The Morgan fingerprint density at radius 3 is 2.19 bits per heavy atom. The minimum absolute atomic E-state index is 0.295. The molecule has 4 atom stereocenters. The van der Waals surface area contributed by atoms with Gasteiger partial charge in [0, 0.05) is 19.1 Å². The van der Waals surface area contributed by atoms with E-state index in [1.165, 1.54) is 38.2 Å². The quantitative estimate of drug-likeness (QED) is 0.319. The summed E-state index contributed by atoms with van der Waals surface area (Å²) in [4.78, 5) is 10.3. The number of ether oxygens (including phenoxy) is 2. The molecule has 26 heavy (non-hydrogen) atoms. The first kappa shape index (κ1) is 23.1. The molecule has 0 aromatic heterocycles.